The SMILES string of the molecule is CC1(C)[C@H]2CC[C@](C)(C2)[C@H]1OC(=O)c1ccc(CN)nc1.Cl.Cl. The van der Waals surface area contributed by atoms with Crippen molar-refractivity contribution in [3.63, 3.8) is 0 Å². The van der Waals surface area contributed by atoms with Crippen LogP contribution in [0.15, 0.2) is 18.3 Å². The number of pyridine rings is 1. The molecule has 23 heavy (non-hydrogen) atoms. The Hall–Kier alpha value is -0.840. The average Bonchev–Trinajstić information content (AvgIpc) is 2.94. The third kappa shape index (κ3) is 3.35. The summed E-state index contributed by atoms with van der Waals surface area (Å²) in [5.41, 5.74) is 7.00. The summed E-state index contributed by atoms with van der Waals surface area (Å²) in [5.74, 6) is 0.399. The number of ether oxygens (including phenoxy) is 1. The van der Waals surface area contributed by atoms with Crippen LogP contribution in [0, 0.1) is 16.7 Å². The molecule has 1 aromatic rings. The van der Waals surface area contributed by atoms with E-state index in [4.69, 9.17) is 10.5 Å². The molecule has 6 heteroatoms. The van der Waals surface area contributed by atoms with Gasteiger partial charge in [0.2, 0.25) is 0 Å². The smallest absolute Gasteiger partial charge is 0.340 e. The number of fused-ring (bicyclic) bond motifs is 2. The van der Waals surface area contributed by atoms with Crippen LogP contribution < -0.4 is 5.73 Å². The number of carbonyl (C=O) groups is 1. The first-order valence-corrected chi connectivity index (χ1v) is 7.73. The predicted molar refractivity (Wildman–Crippen MR) is 95.1 cm³/mol. The fourth-order valence-electron chi connectivity index (χ4n) is 4.39. The number of nitrogens with zero attached hydrogens (tertiary/aromatic N) is 1. The molecule has 0 aliphatic heterocycles. The molecule has 0 amide bonds. The van der Waals surface area contributed by atoms with Gasteiger partial charge in [0.05, 0.1) is 11.3 Å². The number of hydrogen-bond donors (Lipinski definition) is 1. The number of halogens is 2. The van der Waals surface area contributed by atoms with Crippen molar-refractivity contribution in [1.82, 2.24) is 4.98 Å². The molecule has 2 fully saturated rings. The number of hydrogen-bond acceptors (Lipinski definition) is 4. The van der Waals surface area contributed by atoms with Crippen LogP contribution in [0.2, 0.25) is 0 Å². The molecule has 130 valence electrons. The zero-order chi connectivity index (χ0) is 15.3. The Balaban J connectivity index is 0.00000132. The minimum Gasteiger partial charge on any atom is -0.458 e. The molecule has 2 N–H and O–H groups in total. The summed E-state index contributed by atoms with van der Waals surface area (Å²) < 4.78 is 5.91. The lowest BCUT2D eigenvalue weighted by molar-refractivity contribution is -0.0584. The maximum atomic E-state index is 12.4. The van der Waals surface area contributed by atoms with E-state index in [0.717, 1.165) is 12.1 Å². The monoisotopic (exact) mass is 360 g/mol. The first-order valence-electron chi connectivity index (χ1n) is 7.73. The molecular formula is C17H26Cl2N2O2. The molecule has 2 aliphatic rings. The lowest BCUT2D eigenvalue weighted by Gasteiger charge is -2.41. The molecule has 0 radical (unpaired) electrons. The second-order valence-corrected chi connectivity index (χ2v) is 7.44. The first-order chi connectivity index (χ1) is 9.87. The van der Waals surface area contributed by atoms with Crippen molar-refractivity contribution in [2.75, 3.05) is 0 Å². The maximum Gasteiger partial charge on any atom is 0.340 e. The Labute approximate surface area is 150 Å². The van der Waals surface area contributed by atoms with E-state index in [1.807, 2.05) is 0 Å². The van der Waals surface area contributed by atoms with Crippen LogP contribution >= 0.6 is 24.8 Å². The van der Waals surface area contributed by atoms with Crippen molar-refractivity contribution in [1.29, 1.82) is 0 Å². The van der Waals surface area contributed by atoms with Crippen LogP contribution in [0.5, 0.6) is 0 Å². The molecule has 2 aliphatic carbocycles. The van der Waals surface area contributed by atoms with Crippen molar-refractivity contribution in [3.8, 4) is 0 Å². The van der Waals surface area contributed by atoms with E-state index in [9.17, 15) is 4.79 Å². The minimum atomic E-state index is -0.266. The second-order valence-electron chi connectivity index (χ2n) is 7.44. The van der Waals surface area contributed by atoms with Gasteiger partial charge in [-0.05, 0) is 37.3 Å². The lowest BCUT2D eigenvalue weighted by Crippen LogP contribution is -2.43. The summed E-state index contributed by atoms with van der Waals surface area (Å²) in [7, 11) is 0. The van der Waals surface area contributed by atoms with Gasteiger partial charge < -0.3 is 10.5 Å². The summed E-state index contributed by atoms with van der Waals surface area (Å²) in [5, 5.41) is 0. The van der Waals surface area contributed by atoms with Gasteiger partial charge in [0.15, 0.2) is 0 Å². The highest BCUT2D eigenvalue weighted by molar-refractivity contribution is 5.89. The molecule has 2 saturated carbocycles. The molecule has 0 aromatic carbocycles. The van der Waals surface area contributed by atoms with Crippen molar-refractivity contribution >= 4 is 30.8 Å². The summed E-state index contributed by atoms with van der Waals surface area (Å²) in [4.78, 5) is 16.6. The Kier molecular flexibility index (Phi) is 6.11. The molecule has 1 heterocycles. The Morgan fingerprint density at radius 1 is 1.35 bits per heavy atom. The van der Waals surface area contributed by atoms with E-state index in [0.29, 0.717) is 18.0 Å². The minimum absolute atomic E-state index is 0. The number of rotatable bonds is 3. The van der Waals surface area contributed by atoms with Crippen molar-refractivity contribution in [2.24, 2.45) is 22.5 Å². The molecule has 1 aromatic heterocycles. The Bertz CT molecular complexity index is 557. The molecule has 3 rings (SSSR count). The van der Waals surface area contributed by atoms with E-state index in [-0.39, 0.29) is 47.7 Å². The van der Waals surface area contributed by atoms with Crippen LogP contribution in [-0.2, 0) is 11.3 Å². The van der Waals surface area contributed by atoms with Gasteiger partial charge in [0, 0.05) is 23.6 Å². The zero-order valence-corrected chi connectivity index (χ0v) is 15.5. The van der Waals surface area contributed by atoms with Crippen molar-refractivity contribution < 1.29 is 9.53 Å². The standard InChI is InChI=1S/C17H24N2O2.2ClH/c1-16(2)12-6-7-17(3,8-12)15(16)21-14(20)11-4-5-13(9-18)19-10-11;;/h4-5,10,12,15H,6-9,18H2,1-3H3;2*1H/t12-,15-,17+;;/m0../s1. The van der Waals surface area contributed by atoms with Gasteiger partial charge in [0.1, 0.15) is 6.10 Å². The molecule has 4 nitrogen and oxygen atoms in total. The van der Waals surface area contributed by atoms with E-state index in [1.165, 1.54) is 12.8 Å². The van der Waals surface area contributed by atoms with E-state index >= 15 is 0 Å². The normalized spacial score (nSPS) is 30.3. The van der Waals surface area contributed by atoms with Crippen molar-refractivity contribution in [3.05, 3.63) is 29.6 Å². The Morgan fingerprint density at radius 2 is 2.04 bits per heavy atom. The van der Waals surface area contributed by atoms with Crippen LogP contribution in [0.3, 0.4) is 0 Å². The van der Waals surface area contributed by atoms with E-state index in [2.05, 4.69) is 25.8 Å². The Morgan fingerprint density at radius 3 is 2.52 bits per heavy atom. The van der Waals surface area contributed by atoms with Crippen LogP contribution in [-0.4, -0.2) is 17.1 Å². The quantitative estimate of drug-likeness (QED) is 0.833. The van der Waals surface area contributed by atoms with Gasteiger partial charge in [-0.15, -0.1) is 24.8 Å². The van der Waals surface area contributed by atoms with Gasteiger partial charge >= 0.3 is 5.97 Å². The summed E-state index contributed by atoms with van der Waals surface area (Å²) in [6.07, 6.45) is 5.13. The van der Waals surface area contributed by atoms with E-state index in [1.54, 1.807) is 18.3 Å². The fourth-order valence-corrected chi connectivity index (χ4v) is 4.39. The summed E-state index contributed by atoms with van der Waals surface area (Å²) >= 11 is 0. The molecule has 3 atom stereocenters. The highest BCUT2D eigenvalue weighted by Gasteiger charge is 2.61. The first kappa shape index (κ1) is 20.2. The third-order valence-electron chi connectivity index (χ3n) is 5.63. The molecule has 2 bridgehead atoms. The molecule has 0 saturated heterocycles. The lowest BCUT2D eigenvalue weighted by atomic mass is 9.70. The zero-order valence-electron chi connectivity index (χ0n) is 13.9. The summed E-state index contributed by atoms with van der Waals surface area (Å²) in [6.45, 7) is 7.10. The number of esters is 1. The van der Waals surface area contributed by atoms with Gasteiger partial charge in [0.25, 0.3) is 0 Å². The molecule has 0 spiro atoms. The van der Waals surface area contributed by atoms with Crippen LogP contribution in [0.1, 0.15) is 56.1 Å². The molecule has 0 unspecified atom stereocenters. The second kappa shape index (κ2) is 6.96. The number of nitrogens with two attached hydrogens (primary N) is 1. The topological polar surface area (TPSA) is 65.2 Å². The third-order valence-corrected chi connectivity index (χ3v) is 5.63. The summed E-state index contributed by atoms with van der Waals surface area (Å²) in [6, 6.07) is 3.53. The molecular weight excluding hydrogens is 335 g/mol. The van der Waals surface area contributed by atoms with Gasteiger partial charge in [-0.25, -0.2) is 4.79 Å². The maximum absolute atomic E-state index is 12.4. The largest absolute Gasteiger partial charge is 0.458 e. The average molecular weight is 361 g/mol. The van der Waals surface area contributed by atoms with Gasteiger partial charge in [-0.1, -0.05) is 20.8 Å². The van der Waals surface area contributed by atoms with Crippen LogP contribution in [0.4, 0.5) is 0 Å². The number of aromatic nitrogens is 1. The van der Waals surface area contributed by atoms with Crippen LogP contribution in [0.25, 0.3) is 0 Å². The van der Waals surface area contributed by atoms with Crippen molar-refractivity contribution in [2.45, 2.75) is 52.7 Å². The highest BCUT2D eigenvalue weighted by atomic mass is 35.5. The fraction of sp³-hybridized carbons (Fsp3) is 0.647. The number of carbonyl (C=O) groups excluding carboxylic acids is 1. The predicted octanol–water partition coefficient (Wildman–Crippen LogP) is 3.76. The van der Waals surface area contributed by atoms with E-state index < -0.39 is 0 Å². The van der Waals surface area contributed by atoms with Gasteiger partial charge in [-0.3, -0.25) is 4.98 Å². The van der Waals surface area contributed by atoms with Gasteiger partial charge in [-0.2, -0.15) is 0 Å². The highest BCUT2D eigenvalue weighted by Crippen LogP contribution is 2.63.